The van der Waals surface area contributed by atoms with E-state index in [1.807, 2.05) is 18.2 Å². The Labute approximate surface area is 175 Å². The van der Waals surface area contributed by atoms with E-state index in [1.54, 1.807) is 38.1 Å². The number of hydrogen-bond acceptors (Lipinski definition) is 6. The summed E-state index contributed by atoms with van der Waals surface area (Å²) in [7, 11) is 0. The van der Waals surface area contributed by atoms with Crippen molar-refractivity contribution in [3.63, 3.8) is 0 Å². The Morgan fingerprint density at radius 2 is 2.00 bits per heavy atom. The number of likely N-dealkylation sites (N-methyl/N-ethyl adjacent to an activating group) is 1. The van der Waals surface area contributed by atoms with Crippen LogP contribution in [0.5, 0.6) is 0 Å². The summed E-state index contributed by atoms with van der Waals surface area (Å²) in [6.45, 7) is 3.51. The predicted molar refractivity (Wildman–Crippen MR) is 111 cm³/mol. The highest BCUT2D eigenvalue weighted by atomic mass is 35.5. The summed E-state index contributed by atoms with van der Waals surface area (Å²) in [5.74, 6) is -0.473. The molecular formula is C21H14ClN3O3S. The lowest BCUT2D eigenvalue weighted by Gasteiger charge is -2.26. The molecule has 8 heteroatoms. The van der Waals surface area contributed by atoms with Crippen LogP contribution in [0.25, 0.3) is 27.9 Å². The summed E-state index contributed by atoms with van der Waals surface area (Å²) in [6, 6.07) is 10.9. The molecular weight excluding hydrogens is 410 g/mol. The van der Waals surface area contributed by atoms with E-state index in [0.29, 0.717) is 32.5 Å². The fourth-order valence-corrected chi connectivity index (χ4v) is 4.12. The number of rotatable bonds is 3. The van der Waals surface area contributed by atoms with Crippen LogP contribution in [0.15, 0.2) is 51.5 Å². The fraction of sp³-hybridized carbons (Fsp3) is 0.143. The van der Waals surface area contributed by atoms with Gasteiger partial charge in [-0.05, 0) is 49.8 Å². The molecule has 0 unspecified atom stereocenters. The number of aromatic nitrogens is 1. The van der Waals surface area contributed by atoms with Gasteiger partial charge in [0.1, 0.15) is 11.6 Å². The van der Waals surface area contributed by atoms with Crippen LogP contribution in [0.4, 0.5) is 0 Å². The maximum absolute atomic E-state index is 12.7. The number of imide groups is 1. The molecule has 0 spiro atoms. The predicted octanol–water partition coefficient (Wildman–Crippen LogP) is 4.82. The molecule has 1 aliphatic rings. The molecule has 0 saturated carbocycles. The first-order valence-electron chi connectivity index (χ1n) is 8.78. The normalized spacial score (nSPS) is 16.2. The molecule has 2 aromatic heterocycles. The van der Waals surface area contributed by atoms with E-state index in [-0.39, 0.29) is 12.1 Å². The number of thiophene rings is 1. The van der Waals surface area contributed by atoms with Crippen LogP contribution in [0.2, 0.25) is 5.02 Å². The van der Waals surface area contributed by atoms with Crippen molar-refractivity contribution < 1.29 is 14.0 Å². The minimum absolute atomic E-state index is 0.0129. The highest BCUT2D eigenvalue weighted by molar-refractivity contribution is 7.19. The summed E-state index contributed by atoms with van der Waals surface area (Å²) in [4.78, 5) is 32.0. The minimum atomic E-state index is -0.552. The number of fused-ring (bicyclic) bond motifs is 1. The monoisotopic (exact) mass is 423 g/mol. The lowest BCUT2D eigenvalue weighted by atomic mass is 9.95. The van der Waals surface area contributed by atoms with Crippen LogP contribution in [0, 0.1) is 11.3 Å². The number of amides is 2. The second-order valence-corrected chi connectivity index (χ2v) is 7.87. The first-order valence-corrected chi connectivity index (χ1v) is 9.98. The molecule has 6 nitrogen and oxygen atoms in total. The zero-order chi connectivity index (χ0) is 20.7. The summed E-state index contributed by atoms with van der Waals surface area (Å²) in [6.07, 6.45) is 1.67. The van der Waals surface area contributed by atoms with Gasteiger partial charge in [0.25, 0.3) is 11.8 Å². The Morgan fingerprint density at radius 3 is 2.62 bits per heavy atom. The minimum Gasteiger partial charge on any atom is -0.435 e. The summed E-state index contributed by atoms with van der Waals surface area (Å²) >= 11 is 7.28. The molecule has 1 aliphatic heterocycles. The Bertz CT molecular complexity index is 1230. The van der Waals surface area contributed by atoms with Gasteiger partial charge in [0.05, 0.1) is 0 Å². The lowest BCUT2D eigenvalue weighted by molar-refractivity contribution is -0.140. The van der Waals surface area contributed by atoms with Crippen LogP contribution < -0.4 is 0 Å². The van der Waals surface area contributed by atoms with E-state index in [2.05, 4.69) is 4.98 Å². The highest BCUT2D eigenvalue weighted by Gasteiger charge is 2.34. The summed E-state index contributed by atoms with van der Waals surface area (Å²) < 4.78 is 5.83. The van der Waals surface area contributed by atoms with Gasteiger partial charge in [-0.2, -0.15) is 10.2 Å². The van der Waals surface area contributed by atoms with Gasteiger partial charge in [0, 0.05) is 33.6 Å². The summed E-state index contributed by atoms with van der Waals surface area (Å²) in [5.41, 5.74) is 2.10. The van der Waals surface area contributed by atoms with Gasteiger partial charge in [-0.1, -0.05) is 11.6 Å². The molecule has 0 bridgehead atoms. The van der Waals surface area contributed by atoms with E-state index in [4.69, 9.17) is 16.0 Å². The van der Waals surface area contributed by atoms with Crippen molar-refractivity contribution in [1.29, 1.82) is 5.26 Å². The number of nitrogens with zero attached hydrogens (tertiary/aromatic N) is 3. The first kappa shape index (κ1) is 19.1. The van der Waals surface area contributed by atoms with Crippen molar-refractivity contribution in [3.05, 3.63) is 57.0 Å². The number of halogens is 1. The van der Waals surface area contributed by atoms with Gasteiger partial charge < -0.3 is 4.42 Å². The van der Waals surface area contributed by atoms with E-state index in [1.165, 1.54) is 11.3 Å². The Hall–Kier alpha value is -3.21. The van der Waals surface area contributed by atoms with Crippen molar-refractivity contribution in [1.82, 2.24) is 9.88 Å². The van der Waals surface area contributed by atoms with Crippen LogP contribution in [-0.2, 0) is 9.59 Å². The largest absolute Gasteiger partial charge is 0.435 e. The molecule has 1 aromatic carbocycles. The number of benzene rings is 1. The third-order valence-electron chi connectivity index (χ3n) is 4.63. The van der Waals surface area contributed by atoms with Crippen molar-refractivity contribution >= 4 is 51.2 Å². The average Bonchev–Trinajstić information content (AvgIpc) is 3.25. The molecule has 0 aliphatic carbocycles. The Morgan fingerprint density at radius 1 is 1.28 bits per heavy atom. The molecule has 0 saturated heterocycles. The molecule has 0 fully saturated rings. The maximum atomic E-state index is 12.7. The van der Waals surface area contributed by atoms with Crippen molar-refractivity contribution in [2.45, 2.75) is 13.8 Å². The number of carbonyl (C=O) groups is 2. The number of carbonyl (C=O) groups excluding carboxylic acids is 2. The zero-order valence-electron chi connectivity index (χ0n) is 15.5. The SMILES string of the molecule is CCN1C(=O)C(C#N)=C(C)/C(=C/c2cc3oc(-c4ccc(Cl)cc4)nc3s2)C1=O. The van der Waals surface area contributed by atoms with Crippen molar-refractivity contribution in [2.75, 3.05) is 6.54 Å². The molecule has 4 rings (SSSR count). The van der Waals surface area contributed by atoms with E-state index >= 15 is 0 Å². The maximum Gasteiger partial charge on any atom is 0.271 e. The molecule has 0 atom stereocenters. The molecule has 0 N–H and O–H groups in total. The Balaban J connectivity index is 1.74. The van der Waals surface area contributed by atoms with Gasteiger partial charge in [0.15, 0.2) is 10.4 Å². The van der Waals surface area contributed by atoms with Crippen LogP contribution in [-0.4, -0.2) is 28.2 Å². The Kier molecular flexibility index (Phi) is 4.82. The molecule has 0 radical (unpaired) electrons. The lowest BCUT2D eigenvalue weighted by Crippen LogP contribution is -2.42. The molecule has 2 amide bonds. The van der Waals surface area contributed by atoms with Crippen LogP contribution >= 0.6 is 22.9 Å². The third-order valence-corrected chi connectivity index (χ3v) is 5.84. The smallest absolute Gasteiger partial charge is 0.271 e. The number of nitriles is 1. The molecule has 3 aromatic rings. The number of hydrogen-bond donors (Lipinski definition) is 0. The molecule has 144 valence electrons. The van der Waals surface area contributed by atoms with Gasteiger partial charge in [-0.25, -0.2) is 0 Å². The topological polar surface area (TPSA) is 87.2 Å². The first-order chi connectivity index (χ1) is 13.9. The van der Waals surface area contributed by atoms with Crippen LogP contribution in [0.1, 0.15) is 18.7 Å². The van der Waals surface area contributed by atoms with E-state index < -0.39 is 11.8 Å². The van der Waals surface area contributed by atoms with Crippen molar-refractivity contribution in [2.24, 2.45) is 0 Å². The summed E-state index contributed by atoms with van der Waals surface area (Å²) in [5, 5.41) is 9.96. The second kappa shape index (κ2) is 7.32. The molecule has 29 heavy (non-hydrogen) atoms. The number of oxazole rings is 1. The quantitative estimate of drug-likeness (QED) is 0.445. The molecule has 3 heterocycles. The second-order valence-electron chi connectivity index (χ2n) is 6.37. The van der Waals surface area contributed by atoms with Gasteiger partial charge in [-0.3, -0.25) is 14.5 Å². The highest BCUT2D eigenvalue weighted by Crippen LogP contribution is 2.34. The average molecular weight is 424 g/mol. The van der Waals surface area contributed by atoms with Gasteiger partial charge in [0.2, 0.25) is 5.89 Å². The third kappa shape index (κ3) is 3.27. The standard InChI is InChI=1S/C21H14ClN3O3S/c1-3-25-20(26)15(11(2)16(10-23)21(25)27)8-14-9-17-19(29-14)24-18(28-17)12-4-6-13(22)7-5-12/h4-9H,3H2,1-2H3/b15-8-. The van der Waals surface area contributed by atoms with Gasteiger partial charge >= 0.3 is 0 Å². The van der Waals surface area contributed by atoms with Crippen LogP contribution in [0.3, 0.4) is 0 Å². The van der Waals surface area contributed by atoms with E-state index in [9.17, 15) is 14.9 Å². The van der Waals surface area contributed by atoms with Crippen molar-refractivity contribution in [3.8, 4) is 17.5 Å². The van der Waals surface area contributed by atoms with Gasteiger partial charge in [-0.15, -0.1) is 11.3 Å². The zero-order valence-corrected chi connectivity index (χ0v) is 17.1. The fourth-order valence-electron chi connectivity index (χ4n) is 3.10. The van der Waals surface area contributed by atoms with E-state index in [0.717, 1.165) is 15.3 Å².